The number of rotatable bonds is 7. The third-order valence-corrected chi connectivity index (χ3v) is 8.75. The molecular formula is C30H33N5O4S. The number of likely N-dealkylation sites (tertiary alicyclic amines) is 1. The predicted octanol–water partition coefficient (Wildman–Crippen LogP) is 3.10. The van der Waals surface area contributed by atoms with Gasteiger partial charge >= 0.3 is 0 Å². The van der Waals surface area contributed by atoms with Gasteiger partial charge in [0.25, 0.3) is 0 Å². The lowest BCUT2D eigenvalue weighted by Crippen LogP contribution is -2.55. The first-order chi connectivity index (χ1) is 19.2. The minimum absolute atomic E-state index is 0.0450. The molecule has 40 heavy (non-hydrogen) atoms. The van der Waals surface area contributed by atoms with Crippen molar-refractivity contribution in [3.8, 4) is 16.5 Å². The van der Waals surface area contributed by atoms with Gasteiger partial charge < -0.3 is 20.4 Å². The number of nitrogens with zero attached hydrogens (tertiary/aromatic N) is 4. The van der Waals surface area contributed by atoms with Gasteiger partial charge in [-0.2, -0.15) is 5.26 Å². The summed E-state index contributed by atoms with van der Waals surface area (Å²) in [4.78, 5) is 35.8. The summed E-state index contributed by atoms with van der Waals surface area (Å²) in [6.45, 7) is 6.40. The number of amides is 2. The van der Waals surface area contributed by atoms with Crippen LogP contribution in [0.1, 0.15) is 54.4 Å². The van der Waals surface area contributed by atoms with Crippen LogP contribution in [0, 0.1) is 24.2 Å². The Balaban J connectivity index is 1.29. The Morgan fingerprint density at radius 2 is 1.95 bits per heavy atom. The van der Waals surface area contributed by atoms with Crippen LogP contribution in [0.5, 0.6) is 0 Å². The minimum atomic E-state index is -1.11. The number of nitrogens with one attached hydrogen (secondary N) is 1. The average molecular weight is 560 g/mol. The van der Waals surface area contributed by atoms with Gasteiger partial charge in [-0.3, -0.25) is 14.5 Å². The van der Waals surface area contributed by atoms with E-state index >= 15 is 0 Å². The van der Waals surface area contributed by atoms with Crippen LogP contribution in [0.25, 0.3) is 10.4 Å². The lowest BCUT2D eigenvalue weighted by molar-refractivity contribution is -0.149. The number of benzene rings is 2. The van der Waals surface area contributed by atoms with Crippen LogP contribution in [-0.2, 0) is 22.7 Å². The van der Waals surface area contributed by atoms with Crippen LogP contribution in [0.3, 0.4) is 0 Å². The molecule has 2 amide bonds. The Hall–Kier alpha value is -3.62. The Morgan fingerprint density at radius 1 is 1.20 bits per heavy atom. The molecule has 0 spiro atoms. The number of aliphatic hydroxyl groups is 2. The highest BCUT2D eigenvalue weighted by atomic mass is 32.1. The number of hydrogen-bond acceptors (Lipinski definition) is 8. The van der Waals surface area contributed by atoms with Crippen molar-refractivity contribution in [2.75, 3.05) is 6.54 Å². The maximum Gasteiger partial charge on any atom is 0.243 e. The average Bonchev–Trinajstić information content (AvgIpc) is 3.64. The molecule has 208 valence electrons. The Labute approximate surface area is 237 Å². The molecule has 3 N–H and O–H groups in total. The zero-order valence-corrected chi connectivity index (χ0v) is 23.6. The molecule has 9 nitrogen and oxygen atoms in total. The van der Waals surface area contributed by atoms with E-state index in [0.717, 1.165) is 27.3 Å². The number of fused-ring (bicyclic) bond motifs is 1. The third-order valence-electron chi connectivity index (χ3n) is 7.78. The molecule has 2 aromatic carbocycles. The fraction of sp³-hybridized carbons (Fsp3) is 0.400. The van der Waals surface area contributed by atoms with Crippen LogP contribution in [0.2, 0.25) is 0 Å². The molecule has 5 rings (SSSR count). The number of thiazole rings is 1. The first-order valence-electron chi connectivity index (χ1n) is 13.4. The lowest BCUT2D eigenvalue weighted by atomic mass is 10.00. The molecule has 2 aliphatic rings. The molecule has 1 saturated heterocycles. The number of aryl methyl sites for hydroxylation is 1. The molecule has 1 fully saturated rings. The summed E-state index contributed by atoms with van der Waals surface area (Å²) in [5, 5.41) is 34.1. The minimum Gasteiger partial charge on any atom is -0.391 e. The predicted molar refractivity (Wildman–Crippen MR) is 151 cm³/mol. The maximum atomic E-state index is 14.0. The Morgan fingerprint density at radius 3 is 2.60 bits per heavy atom. The van der Waals surface area contributed by atoms with E-state index in [2.05, 4.69) is 16.4 Å². The van der Waals surface area contributed by atoms with E-state index in [4.69, 9.17) is 0 Å². The molecule has 4 atom stereocenters. The molecular weight excluding hydrogens is 526 g/mol. The number of nitriles is 1. The SMILES string of the molecule is Cc1ncsc1-c1ccc(CNC(=O)[C@@H]2C[C@@H](O)CN2C(=O)[C@H](C(C)C)N2Cc3cccc(C#N)c3C2O)cc1. The van der Waals surface area contributed by atoms with Crippen LogP contribution in [-0.4, -0.2) is 61.5 Å². The highest BCUT2D eigenvalue weighted by molar-refractivity contribution is 7.13. The molecule has 10 heteroatoms. The molecule has 3 aromatic rings. The van der Waals surface area contributed by atoms with E-state index in [1.54, 1.807) is 28.4 Å². The fourth-order valence-electron chi connectivity index (χ4n) is 5.80. The zero-order chi connectivity index (χ0) is 28.6. The second-order valence-electron chi connectivity index (χ2n) is 10.8. The van der Waals surface area contributed by atoms with Crippen molar-refractivity contribution in [3.05, 3.63) is 75.9 Å². The highest BCUT2D eigenvalue weighted by Crippen LogP contribution is 2.38. The van der Waals surface area contributed by atoms with Gasteiger partial charge in [-0.05, 0) is 35.6 Å². The molecule has 0 aliphatic carbocycles. The second-order valence-corrected chi connectivity index (χ2v) is 11.7. The number of aromatic nitrogens is 1. The third kappa shape index (κ3) is 5.25. The summed E-state index contributed by atoms with van der Waals surface area (Å²) in [6.07, 6.45) is -1.79. The van der Waals surface area contributed by atoms with E-state index in [1.807, 2.05) is 56.6 Å². The summed E-state index contributed by atoms with van der Waals surface area (Å²) in [6, 6.07) is 13.8. The number of carbonyl (C=O) groups is 2. The first kappa shape index (κ1) is 27.9. The standard InChI is InChI=1S/C30H33N5O4S/c1-17(2)26(35-14-22-6-4-5-21(12-31)25(22)29(35)38)30(39)34-15-23(36)11-24(34)28(37)32-13-19-7-9-20(10-8-19)27-18(3)33-16-40-27/h4-10,16-17,23-24,26,29,36,38H,11,13-15H2,1-3H3,(H,32,37)/t23-,24+,26+,29?/m1/s1. The number of carbonyl (C=O) groups excluding carboxylic acids is 2. The van der Waals surface area contributed by atoms with Gasteiger partial charge in [0.2, 0.25) is 11.8 Å². The Kier molecular flexibility index (Phi) is 8.01. The molecule has 3 heterocycles. The van der Waals surface area contributed by atoms with Crippen molar-refractivity contribution in [1.29, 1.82) is 5.26 Å². The van der Waals surface area contributed by atoms with E-state index in [-0.39, 0.29) is 30.7 Å². The summed E-state index contributed by atoms with van der Waals surface area (Å²) >= 11 is 1.58. The summed E-state index contributed by atoms with van der Waals surface area (Å²) in [7, 11) is 0. The van der Waals surface area contributed by atoms with Crippen molar-refractivity contribution in [2.24, 2.45) is 5.92 Å². The van der Waals surface area contributed by atoms with Crippen molar-refractivity contribution in [2.45, 2.75) is 64.7 Å². The smallest absolute Gasteiger partial charge is 0.243 e. The fourth-order valence-corrected chi connectivity index (χ4v) is 6.61. The van der Waals surface area contributed by atoms with Crippen LogP contribution < -0.4 is 5.32 Å². The molecule has 1 unspecified atom stereocenters. The normalized spacial score (nSPS) is 21.3. The number of β-amino-alcohol motifs (C(OH)–C–C–N with tert-alkyl or cyclic N) is 1. The van der Waals surface area contributed by atoms with Crippen molar-refractivity contribution < 1.29 is 19.8 Å². The maximum absolute atomic E-state index is 14.0. The quantitative estimate of drug-likeness (QED) is 0.406. The second kappa shape index (κ2) is 11.5. The summed E-state index contributed by atoms with van der Waals surface area (Å²) in [5.41, 5.74) is 6.49. The van der Waals surface area contributed by atoms with E-state index < -0.39 is 24.4 Å². The topological polar surface area (TPSA) is 130 Å². The molecule has 2 aliphatic heterocycles. The molecule has 0 bridgehead atoms. The van der Waals surface area contributed by atoms with Crippen LogP contribution in [0.15, 0.2) is 48.0 Å². The van der Waals surface area contributed by atoms with Crippen molar-refractivity contribution >= 4 is 23.2 Å². The summed E-state index contributed by atoms with van der Waals surface area (Å²) < 4.78 is 0. The monoisotopic (exact) mass is 559 g/mol. The van der Waals surface area contributed by atoms with Gasteiger partial charge in [0.05, 0.1) is 39.9 Å². The van der Waals surface area contributed by atoms with Crippen molar-refractivity contribution in [1.82, 2.24) is 20.1 Å². The van der Waals surface area contributed by atoms with E-state index in [1.165, 1.54) is 4.90 Å². The van der Waals surface area contributed by atoms with Gasteiger partial charge in [0.1, 0.15) is 12.3 Å². The van der Waals surface area contributed by atoms with Crippen LogP contribution >= 0.6 is 11.3 Å². The number of aliphatic hydroxyl groups excluding tert-OH is 2. The van der Waals surface area contributed by atoms with Crippen molar-refractivity contribution in [3.63, 3.8) is 0 Å². The lowest BCUT2D eigenvalue weighted by Gasteiger charge is -2.36. The largest absolute Gasteiger partial charge is 0.391 e. The van der Waals surface area contributed by atoms with Gasteiger partial charge in [-0.25, -0.2) is 4.98 Å². The summed E-state index contributed by atoms with van der Waals surface area (Å²) in [5.74, 6) is -0.836. The molecule has 0 radical (unpaired) electrons. The number of hydrogen-bond donors (Lipinski definition) is 3. The zero-order valence-electron chi connectivity index (χ0n) is 22.7. The van der Waals surface area contributed by atoms with E-state index in [0.29, 0.717) is 24.2 Å². The van der Waals surface area contributed by atoms with Gasteiger partial charge in [-0.1, -0.05) is 50.2 Å². The first-order valence-corrected chi connectivity index (χ1v) is 14.3. The molecule has 0 saturated carbocycles. The van der Waals surface area contributed by atoms with Gasteiger partial charge in [0, 0.05) is 31.6 Å². The van der Waals surface area contributed by atoms with Gasteiger partial charge in [0.15, 0.2) is 0 Å². The van der Waals surface area contributed by atoms with Crippen LogP contribution in [0.4, 0.5) is 0 Å². The molecule has 1 aromatic heterocycles. The highest BCUT2D eigenvalue weighted by Gasteiger charge is 2.46. The van der Waals surface area contributed by atoms with Gasteiger partial charge in [-0.15, -0.1) is 11.3 Å². The Bertz CT molecular complexity index is 1450. The van der Waals surface area contributed by atoms with E-state index in [9.17, 15) is 25.1 Å².